The molecule has 30 heavy (non-hydrogen) atoms. The molecule has 1 N–H and O–H groups in total. The molecule has 4 rings (SSSR count). The summed E-state index contributed by atoms with van der Waals surface area (Å²) in [6.07, 6.45) is -4.08. The van der Waals surface area contributed by atoms with Crippen molar-refractivity contribution in [3.8, 4) is 10.6 Å². The van der Waals surface area contributed by atoms with E-state index in [4.69, 9.17) is 4.74 Å². The Bertz CT molecular complexity index is 1060. The van der Waals surface area contributed by atoms with E-state index >= 15 is 0 Å². The van der Waals surface area contributed by atoms with Gasteiger partial charge in [0.1, 0.15) is 6.10 Å². The highest BCUT2D eigenvalue weighted by Crippen LogP contribution is 2.32. The normalized spacial score (nSPS) is 14.5. The monoisotopic (exact) mass is 456 g/mol. The molecule has 0 aliphatic carbocycles. The van der Waals surface area contributed by atoms with Crippen molar-refractivity contribution in [2.45, 2.75) is 26.1 Å². The smallest absolute Gasteiger partial charge is 0.419 e. The first-order valence-electron chi connectivity index (χ1n) is 8.71. The standard InChI is InChI=1S/C17H15F3N6O2S2/c1-8-13(30-9(2)23-8)12-7-29-15(24-12)25-16(27)28-11-5-26(6-11)14-21-3-10(4-22-14)17(18,19)20/h3-4,7,11H,5-6H2,1-2H3,(H,24,25,27). The maximum Gasteiger partial charge on any atom is 0.419 e. The Balaban J connectivity index is 1.28. The minimum absolute atomic E-state index is 0.156. The van der Waals surface area contributed by atoms with E-state index in [0.29, 0.717) is 18.2 Å². The lowest BCUT2D eigenvalue weighted by Crippen LogP contribution is -2.54. The predicted octanol–water partition coefficient (Wildman–Crippen LogP) is 4.13. The Morgan fingerprint density at radius 2 is 1.93 bits per heavy atom. The van der Waals surface area contributed by atoms with Gasteiger partial charge in [-0.1, -0.05) is 0 Å². The summed E-state index contributed by atoms with van der Waals surface area (Å²) < 4.78 is 43.0. The van der Waals surface area contributed by atoms with Gasteiger partial charge in [0.2, 0.25) is 5.95 Å². The van der Waals surface area contributed by atoms with E-state index in [1.54, 1.807) is 4.90 Å². The van der Waals surface area contributed by atoms with E-state index in [0.717, 1.165) is 33.7 Å². The highest BCUT2D eigenvalue weighted by Gasteiger charge is 2.34. The van der Waals surface area contributed by atoms with Gasteiger partial charge in [-0.3, -0.25) is 5.32 Å². The molecule has 1 fully saturated rings. The summed E-state index contributed by atoms with van der Waals surface area (Å²) in [5.41, 5.74) is 0.718. The summed E-state index contributed by atoms with van der Waals surface area (Å²) in [5, 5.41) is 5.77. The van der Waals surface area contributed by atoms with E-state index in [1.165, 1.54) is 22.7 Å². The number of carbonyl (C=O) groups is 1. The SMILES string of the molecule is Cc1nc(C)c(-c2csc(NC(=O)OC3CN(c4ncc(C(F)(F)F)cn4)C3)n2)s1. The van der Waals surface area contributed by atoms with E-state index in [2.05, 4.69) is 25.3 Å². The number of carbonyl (C=O) groups excluding carboxylic acids is 1. The molecule has 158 valence electrons. The number of thiazole rings is 2. The molecule has 1 aliphatic heterocycles. The predicted molar refractivity (Wildman–Crippen MR) is 106 cm³/mol. The molecule has 1 aliphatic rings. The van der Waals surface area contributed by atoms with Gasteiger partial charge in [0.15, 0.2) is 5.13 Å². The van der Waals surface area contributed by atoms with Crippen LogP contribution in [0.15, 0.2) is 17.8 Å². The first kappa shape index (κ1) is 20.5. The number of rotatable bonds is 4. The molecule has 3 aromatic rings. The van der Waals surface area contributed by atoms with Crippen LogP contribution in [0.3, 0.4) is 0 Å². The molecule has 1 amide bonds. The van der Waals surface area contributed by atoms with Gasteiger partial charge in [-0.15, -0.1) is 22.7 Å². The molecule has 0 atom stereocenters. The molecule has 0 bridgehead atoms. The van der Waals surface area contributed by atoms with Gasteiger partial charge in [0.25, 0.3) is 0 Å². The van der Waals surface area contributed by atoms with Crippen LogP contribution in [0.2, 0.25) is 0 Å². The third kappa shape index (κ3) is 4.36. The molecule has 0 radical (unpaired) electrons. The summed E-state index contributed by atoms with van der Waals surface area (Å²) in [7, 11) is 0. The van der Waals surface area contributed by atoms with Crippen molar-refractivity contribution in [2.75, 3.05) is 23.3 Å². The Hall–Kier alpha value is -2.80. The Morgan fingerprint density at radius 1 is 1.23 bits per heavy atom. The topological polar surface area (TPSA) is 93.1 Å². The molecule has 1 saturated heterocycles. The van der Waals surface area contributed by atoms with Crippen molar-refractivity contribution in [3.63, 3.8) is 0 Å². The lowest BCUT2D eigenvalue weighted by molar-refractivity contribution is -0.138. The van der Waals surface area contributed by atoms with Gasteiger partial charge >= 0.3 is 12.3 Å². The second-order valence-electron chi connectivity index (χ2n) is 6.51. The van der Waals surface area contributed by atoms with Crippen LogP contribution in [0.5, 0.6) is 0 Å². The maximum atomic E-state index is 12.6. The molecule has 0 unspecified atom stereocenters. The van der Waals surface area contributed by atoms with E-state index in [-0.39, 0.29) is 5.95 Å². The van der Waals surface area contributed by atoms with Crippen molar-refractivity contribution in [3.05, 3.63) is 34.0 Å². The second-order valence-corrected chi connectivity index (χ2v) is 8.57. The van der Waals surface area contributed by atoms with E-state index in [1.807, 2.05) is 19.2 Å². The quantitative estimate of drug-likeness (QED) is 0.631. The molecule has 4 heterocycles. The van der Waals surface area contributed by atoms with Crippen molar-refractivity contribution in [1.29, 1.82) is 0 Å². The minimum atomic E-state index is -4.48. The van der Waals surface area contributed by atoms with Gasteiger partial charge in [0.05, 0.1) is 39.9 Å². The molecule has 0 saturated carbocycles. The number of nitrogens with zero attached hydrogens (tertiary/aromatic N) is 5. The zero-order chi connectivity index (χ0) is 21.5. The highest BCUT2D eigenvalue weighted by molar-refractivity contribution is 7.16. The number of halogens is 3. The molecule has 13 heteroatoms. The Labute approximate surface area is 176 Å². The maximum absolute atomic E-state index is 12.6. The van der Waals surface area contributed by atoms with Crippen molar-refractivity contribution >= 4 is 39.8 Å². The summed E-state index contributed by atoms with van der Waals surface area (Å²) >= 11 is 2.81. The lowest BCUT2D eigenvalue weighted by atomic mass is 10.2. The third-order valence-electron chi connectivity index (χ3n) is 4.22. The number of hydrogen-bond acceptors (Lipinski definition) is 9. The number of nitrogens with one attached hydrogen (secondary N) is 1. The molecule has 8 nitrogen and oxygen atoms in total. The number of anilines is 2. The first-order chi connectivity index (χ1) is 14.2. The second kappa shape index (κ2) is 7.80. The third-order valence-corrected chi connectivity index (χ3v) is 6.07. The summed E-state index contributed by atoms with van der Waals surface area (Å²) in [5.74, 6) is 0.156. The molecule has 0 aromatic carbocycles. The number of aryl methyl sites for hydroxylation is 2. The van der Waals surface area contributed by atoms with Gasteiger partial charge in [-0.05, 0) is 13.8 Å². The first-order valence-corrected chi connectivity index (χ1v) is 10.4. The van der Waals surface area contributed by atoms with Crippen LogP contribution in [0, 0.1) is 13.8 Å². The van der Waals surface area contributed by atoms with Crippen LogP contribution < -0.4 is 10.2 Å². The molecular weight excluding hydrogens is 441 g/mol. The molecule has 3 aromatic heterocycles. The van der Waals surface area contributed by atoms with Gasteiger partial charge in [0, 0.05) is 17.8 Å². The number of amides is 1. The zero-order valence-corrected chi connectivity index (χ0v) is 17.4. The van der Waals surface area contributed by atoms with Crippen LogP contribution in [-0.4, -0.2) is 45.2 Å². The summed E-state index contributed by atoms with van der Waals surface area (Å²) in [4.78, 5) is 30.8. The van der Waals surface area contributed by atoms with Crippen molar-refractivity contribution < 1.29 is 22.7 Å². The Morgan fingerprint density at radius 3 is 2.53 bits per heavy atom. The summed E-state index contributed by atoms with van der Waals surface area (Å²) in [6.45, 7) is 4.41. The minimum Gasteiger partial charge on any atom is -0.442 e. The number of alkyl halides is 3. The molecule has 0 spiro atoms. The molecular formula is C17H15F3N6O2S2. The average molecular weight is 456 g/mol. The number of aromatic nitrogens is 4. The largest absolute Gasteiger partial charge is 0.442 e. The van der Waals surface area contributed by atoms with Crippen molar-refractivity contribution in [2.24, 2.45) is 0 Å². The van der Waals surface area contributed by atoms with Crippen LogP contribution in [0.4, 0.5) is 29.0 Å². The van der Waals surface area contributed by atoms with E-state index < -0.39 is 23.9 Å². The van der Waals surface area contributed by atoms with Gasteiger partial charge < -0.3 is 9.64 Å². The van der Waals surface area contributed by atoms with E-state index in [9.17, 15) is 18.0 Å². The number of hydrogen-bond donors (Lipinski definition) is 1. The lowest BCUT2D eigenvalue weighted by Gasteiger charge is -2.38. The van der Waals surface area contributed by atoms with Crippen LogP contribution in [-0.2, 0) is 10.9 Å². The van der Waals surface area contributed by atoms with Crippen LogP contribution in [0.25, 0.3) is 10.6 Å². The zero-order valence-electron chi connectivity index (χ0n) is 15.7. The fourth-order valence-electron chi connectivity index (χ4n) is 2.78. The summed E-state index contributed by atoms with van der Waals surface area (Å²) in [6, 6.07) is 0. The Kier molecular flexibility index (Phi) is 5.32. The number of ether oxygens (including phenoxy) is 1. The van der Waals surface area contributed by atoms with Crippen molar-refractivity contribution in [1.82, 2.24) is 19.9 Å². The highest BCUT2D eigenvalue weighted by atomic mass is 32.1. The van der Waals surface area contributed by atoms with Crippen LogP contribution in [0.1, 0.15) is 16.3 Å². The fraction of sp³-hybridized carbons (Fsp3) is 0.353. The van der Waals surface area contributed by atoms with Crippen LogP contribution >= 0.6 is 22.7 Å². The van der Waals surface area contributed by atoms with Gasteiger partial charge in [-0.2, -0.15) is 13.2 Å². The van der Waals surface area contributed by atoms with Gasteiger partial charge in [-0.25, -0.2) is 24.7 Å². The average Bonchev–Trinajstić information content (AvgIpc) is 3.22. The fourth-order valence-corrected chi connectivity index (χ4v) is 4.42.